The summed E-state index contributed by atoms with van der Waals surface area (Å²) < 4.78 is 4.38. The summed E-state index contributed by atoms with van der Waals surface area (Å²) in [5, 5.41) is 8.62. The van der Waals surface area contributed by atoms with Gasteiger partial charge in [-0.15, -0.1) is 0 Å². The average molecular weight is 245 g/mol. The molecule has 0 atom stereocenters. The molecule has 90 valence electrons. The van der Waals surface area contributed by atoms with E-state index in [1.165, 1.54) is 12.1 Å². The van der Waals surface area contributed by atoms with Crippen molar-refractivity contribution in [2.24, 2.45) is 0 Å². The van der Waals surface area contributed by atoms with Crippen molar-refractivity contribution in [3.63, 3.8) is 0 Å². The molecular weight excluding hydrogens is 238 g/mol. The molecule has 2 aromatic rings. The van der Waals surface area contributed by atoms with Crippen molar-refractivity contribution >= 4 is 16.9 Å². The van der Waals surface area contributed by atoms with Gasteiger partial charge in [-0.05, 0) is 18.2 Å². The summed E-state index contributed by atoms with van der Waals surface area (Å²) in [7, 11) is 0. The number of H-pyrrole nitrogens is 1. The predicted octanol–water partition coefficient (Wildman–Crippen LogP) is 0.308. The molecule has 0 radical (unpaired) electrons. The van der Waals surface area contributed by atoms with Crippen LogP contribution >= 0.6 is 0 Å². The molecule has 0 amide bonds. The molecule has 0 bridgehead atoms. The number of fused-ring (bicyclic) bond motifs is 1. The third-order valence-electron chi connectivity index (χ3n) is 2.13. The third kappa shape index (κ3) is 2.47. The number of hydrogen-bond acceptors (Lipinski definition) is 4. The number of hydrogen-bond donors (Lipinski definition) is 2. The second-order valence-corrected chi connectivity index (χ2v) is 3.43. The minimum Gasteiger partial charge on any atom is -0.481 e. The maximum atomic E-state index is 11.4. The van der Waals surface area contributed by atoms with Crippen molar-refractivity contribution in [1.82, 2.24) is 4.98 Å². The van der Waals surface area contributed by atoms with E-state index in [0.717, 1.165) is 0 Å². The van der Waals surface area contributed by atoms with Gasteiger partial charge in [-0.2, -0.15) is 0 Å². The highest BCUT2D eigenvalue weighted by molar-refractivity contribution is 5.78. The molecule has 0 spiro atoms. The molecule has 1 aromatic heterocycles. The Morgan fingerprint density at radius 1 is 1.39 bits per heavy atom. The first-order valence-corrected chi connectivity index (χ1v) is 4.94. The molecule has 1 heterocycles. The molecule has 2 N–H and O–H groups in total. The molecule has 6 heteroatoms. The van der Waals surface area contributed by atoms with Crippen LogP contribution in [0.2, 0.25) is 0 Å². The van der Waals surface area contributed by atoms with Gasteiger partial charge in [-0.3, -0.25) is 9.78 Å². The number of aliphatic carboxylic acids is 1. The van der Waals surface area contributed by atoms with E-state index >= 15 is 0 Å². The molecule has 0 aliphatic carbocycles. The summed E-state index contributed by atoms with van der Waals surface area (Å²) in [4.78, 5) is 35.0. The van der Waals surface area contributed by atoms with E-state index in [1.807, 2.05) is 0 Å². The number of aromatic amines is 1. The zero-order valence-electron chi connectivity index (χ0n) is 9.02. The van der Waals surface area contributed by atoms with Crippen molar-refractivity contribution < 1.29 is 14.3 Å². The number of nitrogens with one attached hydrogen (secondary N) is 1. The van der Waals surface area contributed by atoms with Crippen LogP contribution in [0, 0.1) is 11.8 Å². The Labute approximate surface area is 99.9 Å². The molecule has 2 rings (SSSR count). The van der Waals surface area contributed by atoms with E-state index in [-0.39, 0.29) is 11.8 Å². The fourth-order valence-corrected chi connectivity index (χ4v) is 1.40. The molecule has 0 aliphatic heterocycles. The van der Waals surface area contributed by atoms with E-state index < -0.39 is 17.4 Å². The van der Waals surface area contributed by atoms with Gasteiger partial charge in [-0.25, -0.2) is 9.59 Å². The summed E-state index contributed by atoms with van der Waals surface area (Å²) in [6.07, 6.45) is -0.279. The van der Waals surface area contributed by atoms with Crippen molar-refractivity contribution in [2.45, 2.75) is 6.42 Å². The number of carbonyl (C=O) groups is 1. The number of benzene rings is 1. The van der Waals surface area contributed by atoms with Crippen LogP contribution in [-0.4, -0.2) is 16.1 Å². The van der Waals surface area contributed by atoms with E-state index in [9.17, 15) is 14.4 Å². The molecule has 1 aromatic carbocycles. The lowest BCUT2D eigenvalue weighted by Crippen LogP contribution is -2.14. The summed E-state index contributed by atoms with van der Waals surface area (Å²) in [5.74, 6) is 3.21. The second-order valence-electron chi connectivity index (χ2n) is 3.43. The minimum absolute atomic E-state index is 0.191. The van der Waals surface area contributed by atoms with Gasteiger partial charge >= 0.3 is 17.4 Å². The first kappa shape index (κ1) is 11.7. The average Bonchev–Trinajstić information content (AvgIpc) is 2.29. The zero-order valence-corrected chi connectivity index (χ0v) is 9.02. The Balaban J connectivity index is 2.50. The molecule has 0 unspecified atom stereocenters. The summed E-state index contributed by atoms with van der Waals surface area (Å²) in [6, 6.07) is 4.52. The van der Waals surface area contributed by atoms with Gasteiger partial charge in [0.2, 0.25) is 0 Å². The smallest absolute Gasteiger partial charge is 0.419 e. The van der Waals surface area contributed by atoms with Gasteiger partial charge in [0.1, 0.15) is 6.42 Å². The van der Waals surface area contributed by atoms with Gasteiger partial charge in [-0.1, -0.05) is 11.8 Å². The Kier molecular flexibility index (Phi) is 2.98. The first-order valence-electron chi connectivity index (χ1n) is 4.94. The maximum Gasteiger partial charge on any atom is 0.419 e. The standard InChI is InChI=1S/C12H7NO5/c14-10(15)3-1-2-7-4-5-9-8(6-7)11(16)18-12(17)13-9/h4-6H,3H2,(H,13,17)(H,14,15). The molecular formula is C12H7NO5. The molecule has 6 nitrogen and oxygen atoms in total. The Morgan fingerprint density at radius 2 is 2.17 bits per heavy atom. The fraction of sp³-hybridized carbons (Fsp3) is 0.0833. The van der Waals surface area contributed by atoms with E-state index in [0.29, 0.717) is 11.1 Å². The van der Waals surface area contributed by atoms with Gasteiger partial charge in [0.25, 0.3) is 0 Å². The van der Waals surface area contributed by atoms with Crippen LogP contribution in [0.25, 0.3) is 10.9 Å². The zero-order chi connectivity index (χ0) is 13.1. The normalized spacial score (nSPS) is 9.78. The van der Waals surface area contributed by atoms with Crippen LogP contribution in [0.4, 0.5) is 0 Å². The van der Waals surface area contributed by atoms with Gasteiger partial charge in [0.05, 0.1) is 10.9 Å². The van der Waals surface area contributed by atoms with Crippen molar-refractivity contribution in [1.29, 1.82) is 0 Å². The molecule has 0 saturated heterocycles. The van der Waals surface area contributed by atoms with Gasteiger partial charge in [0, 0.05) is 5.56 Å². The lowest BCUT2D eigenvalue weighted by Gasteiger charge is -1.95. The predicted molar refractivity (Wildman–Crippen MR) is 62.2 cm³/mol. The van der Waals surface area contributed by atoms with Crippen LogP contribution < -0.4 is 11.4 Å². The topological polar surface area (TPSA) is 100 Å². The Morgan fingerprint density at radius 3 is 2.89 bits per heavy atom. The van der Waals surface area contributed by atoms with Crippen molar-refractivity contribution in [2.75, 3.05) is 0 Å². The van der Waals surface area contributed by atoms with Crippen LogP contribution in [0.1, 0.15) is 12.0 Å². The number of carboxylic acids is 1. The highest BCUT2D eigenvalue weighted by Gasteiger charge is 2.02. The maximum absolute atomic E-state index is 11.4. The second kappa shape index (κ2) is 4.59. The van der Waals surface area contributed by atoms with Gasteiger partial charge in [0.15, 0.2) is 0 Å². The molecule has 0 aliphatic rings. The highest BCUT2D eigenvalue weighted by Crippen LogP contribution is 2.07. The fourth-order valence-electron chi connectivity index (χ4n) is 1.40. The van der Waals surface area contributed by atoms with Crippen LogP contribution in [0.5, 0.6) is 0 Å². The third-order valence-corrected chi connectivity index (χ3v) is 2.13. The lowest BCUT2D eigenvalue weighted by molar-refractivity contribution is -0.135. The minimum atomic E-state index is -1.02. The molecule has 0 saturated carbocycles. The van der Waals surface area contributed by atoms with E-state index in [2.05, 4.69) is 21.2 Å². The highest BCUT2D eigenvalue weighted by atomic mass is 16.4. The van der Waals surface area contributed by atoms with E-state index in [1.54, 1.807) is 6.07 Å². The summed E-state index contributed by atoms with van der Waals surface area (Å²) in [5.41, 5.74) is 0.0683. The first-order chi connectivity index (χ1) is 8.56. The quantitative estimate of drug-likeness (QED) is 0.704. The summed E-state index contributed by atoms with van der Waals surface area (Å²) >= 11 is 0. The van der Waals surface area contributed by atoms with Crippen molar-refractivity contribution in [3.05, 3.63) is 44.7 Å². The van der Waals surface area contributed by atoms with Crippen LogP contribution in [-0.2, 0) is 4.79 Å². The number of carboxylic acid groups (broad SMARTS) is 1. The number of rotatable bonds is 1. The Bertz CT molecular complexity index is 788. The largest absolute Gasteiger partial charge is 0.481 e. The van der Waals surface area contributed by atoms with Crippen molar-refractivity contribution in [3.8, 4) is 11.8 Å². The molecule has 18 heavy (non-hydrogen) atoms. The van der Waals surface area contributed by atoms with Crippen LogP contribution in [0.3, 0.4) is 0 Å². The van der Waals surface area contributed by atoms with Gasteiger partial charge < -0.3 is 9.52 Å². The molecule has 0 fully saturated rings. The SMILES string of the molecule is O=C(O)CC#Cc1ccc2[nH]c(=O)oc(=O)c2c1. The number of aromatic nitrogens is 1. The van der Waals surface area contributed by atoms with E-state index in [4.69, 9.17) is 5.11 Å². The van der Waals surface area contributed by atoms with Crippen LogP contribution in [0.15, 0.2) is 32.2 Å². The summed E-state index contributed by atoms with van der Waals surface area (Å²) in [6.45, 7) is 0. The lowest BCUT2D eigenvalue weighted by atomic mass is 10.1. The Hall–Kier alpha value is -2.81. The monoisotopic (exact) mass is 245 g/mol.